The number of nitrogens with zero attached hydrogens (tertiary/aromatic N) is 1. The van der Waals surface area contributed by atoms with E-state index < -0.39 is 15.9 Å². The van der Waals surface area contributed by atoms with Crippen LogP contribution in [0.1, 0.15) is 43.2 Å². The summed E-state index contributed by atoms with van der Waals surface area (Å²) >= 11 is 1.48. The van der Waals surface area contributed by atoms with Gasteiger partial charge in [-0.3, -0.25) is 14.3 Å². The quantitative estimate of drug-likeness (QED) is 0.647. The summed E-state index contributed by atoms with van der Waals surface area (Å²) in [5.41, 5.74) is 3.38. The molecule has 2 heterocycles. The first-order valence-corrected chi connectivity index (χ1v) is 14.4. The Balaban J connectivity index is 1.33. The van der Waals surface area contributed by atoms with Crippen LogP contribution in [0.3, 0.4) is 0 Å². The molecule has 0 radical (unpaired) electrons. The molecule has 0 aromatic heterocycles. The summed E-state index contributed by atoms with van der Waals surface area (Å²) < 4.78 is 29.2. The summed E-state index contributed by atoms with van der Waals surface area (Å²) in [5, 5.41) is 2.87. The van der Waals surface area contributed by atoms with Gasteiger partial charge in [0.2, 0.25) is 11.8 Å². The van der Waals surface area contributed by atoms with Crippen LogP contribution < -0.4 is 10.0 Å². The molecule has 1 aliphatic carbocycles. The molecule has 0 unspecified atom stereocenters. The minimum absolute atomic E-state index is 0.0165. The van der Waals surface area contributed by atoms with E-state index in [0.29, 0.717) is 17.1 Å². The number of thioether (sulfide) groups is 1. The SMILES string of the molecule is O=C1Nc2cc(S(=O)(=O)Nc3cccc4c3CCCC4)ccc2SC[C@H]1CC(=O)N1CCCC1. The van der Waals surface area contributed by atoms with E-state index in [0.717, 1.165) is 62.1 Å². The van der Waals surface area contributed by atoms with Gasteiger partial charge in [0.15, 0.2) is 0 Å². The van der Waals surface area contributed by atoms with Crippen LogP contribution in [-0.4, -0.2) is 44.0 Å². The largest absolute Gasteiger partial charge is 0.343 e. The Hall–Kier alpha value is -2.52. The molecule has 34 heavy (non-hydrogen) atoms. The van der Waals surface area contributed by atoms with Gasteiger partial charge in [-0.2, -0.15) is 0 Å². The van der Waals surface area contributed by atoms with E-state index in [2.05, 4.69) is 16.1 Å². The van der Waals surface area contributed by atoms with Crippen LogP contribution in [0.2, 0.25) is 0 Å². The zero-order valence-electron chi connectivity index (χ0n) is 19.0. The van der Waals surface area contributed by atoms with Gasteiger partial charge in [-0.1, -0.05) is 12.1 Å². The van der Waals surface area contributed by atoms with Crippen molar-refractivity contribution in [3.8, 4) is 0 Å². The Kier molecular flexibility index (Phi) is 6.57. The van der Waals surface area contributed by atoms with Crippen molar-refractivity contribution in [3.63, 3.8) is 0 Å². The fourth-order valence-electron chi connectivity index (χ4n) is 4.94. The first-order chi connectivity index (χ1) is 16.4. The van der Waals surface area contributed by atoms with Gasteiger partial charge in [-0.15, -0.1) is 11.8 Å². The molecule has 2 aromatic carbocycles. The lowest BCUT2D eigenvalue weighted by atomic mass is 9.91. The number of amides is 2. The molecule has 5 rings (SSSR count). The number of fused-ring (bicyclic) bond motifs is 2. The molecule has 0 saturated carbocycles. The van der Waals surface area contributed by atoms with E-state index >= 15 is 0 Å². The standard InChI is InChI=1S/C25H29N3O4S2/c29-24(28-12-3-4-13-28)14-18-16-33-23-11-10-19(15-22(23)26-25(18)30)34(31,32)27-21-9-5-7-17-6-1-2-8-20(17)21/h5,7,9-11,15,18,27H,1-4,6,8,12-14,16H2,(H,26,30)/t18-/m1/s1. The molecule has 2 aromatic rings. The number of carbonyl (C=O) groups excluding carboxylic acids is 2. The smallest absolute Gasteiger partial charge is 0.261 e. The first kappa shape index (κ1) is 23.2. The molecule has 180 valence electrons. The second kappa shape index (κ2) is 9.62. The monoisotopic (exact) mass is 499 g/mol. The average Bonchev–Trinajstić information content (AvgIpc) is 3.32. The van der Waals surface area contributed by atoms with Crippen molar-refractivity contribution in [2.45, 2.75) is 54.7 Å². The Morgan fingerprint density at radius 1 is 1.09 bits per heavy atom. The number of anilines is 2. The number of nitrogens with one attached hydrogen (secondary N) is 2. The number of hydrogen-bond donors (Lipinski definition) is 2. The molecule has 0 spiro atoms. The Bertz CT molecular complexity index is 1220. The van der Waals surface area contributed by atoms with Crippen molar-refractivity contribution in [2.75, 3.05) is 28.9 Å². The van der Waals surface area contributed by atoms with Crippen LogP contribution in [-0.2, 0) is 32.5 Å². The molecule has 2 amide bonds. The maximum atomic E-state index is 13.2. The van der Waals surface area contributed by atoms with Gasteiger partial charge in [0.1, 0.15) is 0 Å². The van der Waals surface area contributed by atoms with E-state index in [1.165, 1.54) is 23.4 Å². The topological polar surface area (TPSA) is 95.6 Å². The summed E-state index contributed by atoms with van der Waals surface area (Å²) in [6.45, 7) is 1.53. The van der Waals surface area contributed by atoms with Crippen molar-refractivity contribution in [3.05, 3.63) is 47.5 Å². The minimum atomic E-state index is -3.82. The Labute approximate surface area is 204 Å². The van der Waals surface area contributed by atoms with Crippen LogP contribution >= 0.6 is 11.8 Å². The number of hydrogen-bond acceptors (Lipinski definition) is 5. The van der Waals surface area contributed by atoms with Gasteiger partial charge in [0.05, 0.1) is 22.2 Å². The van der Waals surface area contributed by atoms with E-state index in [1.807, 2.05) is 17.0 Å². The lowest BCUT2D eigenvalue weighted by molar-refractivity contribution is -0.133. The van der Waals surface area contributed by atoms with Crippen molar-refractivity contribution >= 4 is 45.0 Å². The number of sulfonamides is 1. The van der Waals surface area contributed by atoms with E-state index in [4.69, 9.17) is 0 Å². The minimum Gasteiger partial charge on any atom is -0.343 e. The molecule has 1 fully saturated rings. The molecule has 2 aliphatic heterocycles. The number of likely N-dealkylation sites (tertiary alicyclic amines) is 1. The third-order valence-electron chi connectivity index (χ3n) is 6.85. The van der Waals surface area contributed by atoms with Gasteiger partial charge >= 0.3 is 0 Å². The van der Waals surface area contributed by atoms with Crippen LogP contribution in [0, 0.1) is 5.92 Å². The van der Waals surface area contributed by atoms with Gasteiger partial charge in [-0.05, 0) is 73.9 Å². The van der Waals surface area contributed by atoms with Gasteiger partial charge in [0, 0.05) is 30.2 Å². The molecular formula is C25H29N3O4S2. The molecular weight excluding hydrogens is 470 g/mol. The molecule has 1 atom stereocenters. The number of rotatable bonds is 5. The van der Waals surface area contributed by atoms with Crippen LogP contribution in [0.25, 0.3) is 0 Å². The maximum Gasteiger partial charge on any atom is 0.261 e. The lowest BCUT2D eigenvalue weighted by Gasteiger charge is -2.20. The average molecular weight is 500 g/mol. The predicted octanol–water partition coefficient (Wildman–Crippen LogP) is 4.04. The molecule has 9 heteroatoms. The number of benzene rings is 2. The summed E-state index contributed by atoms with van der Waals surface area (Å²) in [4.78, 5) is 28.2. The van der Waals surface area contributed by atoms with Crippen LogP contribution in [0.15, 0.2) is 46.2 Å². The normalized spacial score (nSPS) is 20.2. The lowest BCUT2D eigenvalue weighted by Crippen LogP contribution is -2.33. The van der Waals surface area contributed by atoms with Crippen molar-refractivity contribution < 1.29 is 18.0 Å². The van der Waals surface area contributed by atoms with Crippen LogP contribution in [0.4, 0.5) is 11.4 Å². The number of carbonyl (C=O) groups is 2. The molecule has 1 saturated heterocycles. The summed E-state index contributed by atoms with van der Waals surface area (Å²) in [6.07, 6.45) is 6.21. The molecule has 7 nitrogen and oxygen atoms in total. The highest BCUT2D eigenvalue weighted by Crippen LogP contribution is 2.36. The Morgan fingerprint density at radius 3 is 2.71 bits per heavy atom. The van der Waals surface area contributed by atoms with Crippen LogP contribution in [0.5, 0.6) is 0 Å². The van der Waals surface area contributed by atoms with E-state index in [-0.39, 0.29) is 23.1 Å². The second-order valence-electron chi connectivity index (χ2n) is 9.20. The molecule has 2 N–H and O–H groups in total. The third-order valence-corrected chi connectivity index (χ3v) is 9.45. The maximum absolute atomic E-state index is 13.2. The first-order valence-electron chi connectivity index (χ1n) is 11.9. The summed E-state index contributed by atoms with van der Waals surface area (Å²) in [5.74, 6) is -0.181. The zero-order chi connectivity index (χ0) is 23.7. The van der Waals surface area contributed by atoms with E-state index in [1.54, 1.807) is 12.1 Å². The third kappa shape index (κ3) is 4.81. The van der Waals surface area contributed by atoms with Crippen molar-refractivity contribution in [1.29, 1.82) is 0 Å². The summed E-state index contributed by atoms with van der Waals surface area (Å²) in [7, 11) is -3.82. The summed E-state index contributed by atoms with van der Waals surface area (Å²) in [6, 6.07) is 10.6. The van der Waals surface area contributed by atoms with E-state index in [9.17, 15) is 18.0 Å². The predicted molar refractivity (Wildman–Crippen MR) is 134 cm³/mol. The highest BCUT2D eigenvalue weighted by atomic mass is 32.2. The Morgan fingerprint density at radius 2 is 1.88 bits per heavy atom. The fraction of sp³-hybridized carbons (Fsp3) is 0.440. The fourth-order valence-corrected chi connectivity index (χ4v) is 7.14. The zero-order valence-corrected chi connectivity index (χ0v) is 20.6. The van der Waals surface area contributed by atoms with Crippen molar-refractivity contribution in [1.82, 2.24) is 4.90 Å². The van der Waals surface area contributed by atoms with Crippen molar-refractivity contribution in [2.24, 2.45) is 5.92 Å². The number of aryl methyl sites for hydroxylation is 1. The highest BCUT2D eigenvalue weighted by molar-refractivity contribution is 7.99. The van der Waals surface area contributed by atoms with Gasteiger partial charge in [-0.25, -0.2) is 8.42 Å². The van der Waals surface area contributed by atoms with Gasteiger partial charge < -0.3 is 10.2 Å². The highest BCUT2D eigenvalue weighted by Gasteiger charge is 2.30. The second-order valence-corrected chi connectivity index (χ2v) is 11.9. The van der Waals surface area contributed by atoms with Gasteiger partial charge in [0.25, 0.3) is 10.0 Å². The molecule has 0 bridgehead atoms. The molecule has 3 aliphatic rings.